The maximum atomic E-state index is 11.8. The monoisotopic (exact) mass is 269 g/mol. The largest absolute Gasteiger partial charge is 0.396 e. The second-order valence-electron chi connectivity index (χ2n) is 5.23. The van der Waals surface area contributed by atoms with Crippen molar-refractivity contribution >= 4 is 9.84 Å². The van der Waals surface area contributed by atoms with Crippen LogP contribution < -0.4 is 5.73 Å². The Balaban J connectivity index is 2.41. The predicted molar refractivity (Wildman–Crippen MR) is 71.1 cm³/mol. The van der Waals surface area contributed by atoms with Gasteiger partial charge in [0.1, 0.15) is 0 Å². The fraction of sp³-hybridized carbons (Fsp3) is 0.538. The molecule has 18 heavy (non-hydrogen) atoms. The van der Waals surface area contributed by atoms with Crippen molar-refractivity contribution in [2.75, 3.05) is 19.4 Å². The van der Waals surface area contributed by atoms with Gasteiger partial charge in [0.15, 0.2) is 9.84 Å². The van der Waals surface area contributed by atoms with Gasteiger partial charge < -0.3 is 10.8 Å². The van der Waals surface area contributed by atoms with E-state index in [9.17, 15) is 13.5 Å². The van der Waals surface area contributed by atoms with Gasteiger partial charge in [-0.25, -0.2) is 8.42 Å². The van der Waals surface area contributed by atoms with Crippen LogP contribution in [-0.4, -0.2) is 38.2 Å². The Bertz CT molecular complexity index is 532. The summed E-state index contributed by atoms with van der Waals surface area (Å²) in [6.07, 6.45) is 1.21. The fourth-order valence-corrected chi connectivity index (χ4v) is 4.92. The van der Waals surface area contributed by atoms with Crippen LogP contribution in [0.1, 0.15) is 17.0 Å². The molecule has 100 valence electrons. The zero-order valence-electron chi connectivity index (χ0n) is 10.6. The highest BCUT2D eigenvalue weighted by Crippen LogP contribution is 2.61. The average molecular weight is 269 g/mol. The molecule has 1 aromatic carbocycles. The van der Waals surface area contributed by atoms with Gasteiger partial charge in [-0.2, -0.15) is 0 Å². The number of hydrogen-bond acceptors (Lipinski definition) is 4. The lowest BCUT2D eigenvalue weighted by Crippen LogP contribution is -2.27. The van der Waals surface area contributed by atoms with Gasteiger partial charge in [0.2, 0.25) is 0 Å². The van der Waals surface area contributed by atoms with Crippen LogP contribution in [0, 0.1) is 12.3 Å². The van der Waals surface area contributed by atoms with Crippen molar-refractivity contribution in [1.29, 1.82) is 0 Å². The third kappa shape index (κ3) is 1.96. The minimum atomic E-state index is -3.21. The summed E-state index contributed by atoms with van der Waals surface area (Å²) in [7, 11) is -3.21. The first-order valence-corrected chi connectivity index (χ1v) is 7.88. The van der Waals surface area contributed by atoms with Gasteiger partial charge in [-0.05, 0) is 12.5 Å². The first-order valence-electron chi connectivity index (χ1n) is 5.93. The lowest BCUT2D eigenvalue weighted by Gasteiger charge is -2.11. The van der Waals surface area contributed by atoms with E-state index in [4.69, 9.17) is 5.73 Å². The van der Waals surface area contributed by atoms with Crippen molar-refractivity contribution in [2.45, 2.75) is 18.1 Å². The van der Waals surface area contributed by atoms with Crippen molar-refractivity contribution in [3.05, 3.63) is 35.4 Å². The minimum Gasteiger partial charge on any atom is -0.396 e. The molecule has 1 aliphatic rings. The van der Waals surface area contributed by atoms with Crippen LogP contribution in [0.15, 0.2) is 24.3 Å². The molecule has 0 saturated heterocycles. The van der Waals surface area contributed by atoms with E-state index in [-0.39, 0.29) is 19.1 Å². The number of aliphatic hydroxyl groups is 1. The van der Waals surface area contributed by atoms with E-state index in [1.807, 2.05) is 31.2 Å². The Hall–Kier alpha value is -0.910. The summed E-state index contributed by atoms with van der Waals surface area (Å²) in [5.41, 5.74) is 7.06. The van der Waals surface area contributed by atoms with Crippen molar-refractivity contribution in [2.24, 2.45) is 11.1 Å². The molecule has 0 bridgehead atoms. The summed E-state index contributed by atoms with van der Waals surface area (Å²) in [4.78, 5) is 0. The van der Waals surface area contributed by atoms with Crippen molar-refractivity contribution in [3.63, 3.8) is 0 Å². The summed E-state index contributed by atoms with van der Waals surface area (Å²) in [6.45, 7) is 1.96. The van der Waals surface area contributed by atoms with Gasteiger partial charge in [-0.15, -0.1) is 0 Å². The first kappa shape index (κ1) is 13.5. The van der Waals surface area contributed by atoms with Crippen LogP contribution in [0.3, 0.4) is 0 Å². The maximum absolute atomic E-state index is 11.8. The molecule has 0 aromatic heterocycles. The third-order valence-corrected chi connectivity index (χ3v) is 5.62. The molecule has 1 aliphatic carbocycles. The number of hydrogen-bond donors (Lipinski definition) is 2. The van der Waals surface area contributed by atoms with E-state index in [2.05, 4.69) is 0 Å². The molecule has 0 amide bonds. The quantitative estimate of drug-likeness (QED) is 0.831. The number of aliphatic hydroxyl groups excluding tert-OH is 1. The second kappa shape index (κ2) is 4.33. The van der Waals surface area contributed by atoms with E-state index in [0.717, 1.165) is 11.1 Å². The zero-order chi connectivity index (χ0) is 13.6. The zero-order valence-corrected chi connectivity index (χ0v) is 11.4. The van der Waals surface area contributed by atoms with E-state index in [0.29, 0.717) is 0 Å². The molecule has 0 unspecified atom stereocenters. The first-order chi connectivity index (χ1) is 8.36. The van der Waals surface area contributed by atoms with Crippen LogP contribution in [0.2, 0.25) is 0 Å². The van der Waals surface area contributed by atoms with Crippen LogP contribution >= 0.6 is 0 Å². The predicted octanol–water partition coefficient (Wildman–Crippen LogP) is 0.443. The Kier molecular flexibility index (Phi) is 3.25. The van der Waals surface area contributed by atoms with Crippen molar-refractivity contribution < 1.29 is 13.5 Å². The van der Waals surface area contributed by atoms with Gasteiger partial charge in [0, 0.05) is 24.1 Å². The molecule has 0 radical (unpaired) electrons. The molecule has 0 spiro atoms. The van der Waals surface area contributed by atoms with Crippen LogP contribution in [0.5, 0.6) is 0 Å². The van der Waals surface area contributed by atoms with Crippen molar-refractivity contribution in [3.8, 4) is 0 Å². The molecule has 1 saturated carbocycles. The lowest BCUT2D eigenvalue weighted by atomic mass is 9.99. The molecule has 4 nitrogen and oxygen atoms in total. The molecule has 0 heterocycles. The second-order valence-corrected chi connectivity index (χ2v) is 7.40. The normalized spacial score (nSPS) is 31.3. The summed E-state index contributed by atoms with van der Waals surface area (Å²) in [6, 6.07) is 7.74. The third-order valence-electron chi connectivity index (χ3n) is 3.95. The highest BCUT2D eigenvalue weighted by atomic mass is 32.2. The van der Waals surface area contributed by atoms with Gasteiger partial charge in [-0.1, -0.05) is 29.8 Å². The number of rotatable bonds is 4. The Labute approximate surface area is 108 Å². The average Bonchev–Trinajstić information content (AvgIpc) is 3.00. The number of benzene rings is 1. The molecular weight excluding hydrogens is 250 g/mol. The van der Waals surface area contributed by atoms with E-state index in [1.165, 1.54) is 6.26 Å². The smallest absolute Gasteiger partial charge is 0.151 e. The SMILES string of the molecule is Cc1ccc([C@@H]2[C@H](S(C)(=O)=O)[C@@]2(CN)CO)cc1. The Morgan fingerprint density at radius 2 is 1.89 bits per heavy atom. The van der Waals surface area contributed by atoms with Crippen LogP contribution in [0.25, 0.3) is 0 Å². The maximum Gasteiger partial charge on any atom is 0.151 e. The molecule has 3 atom stereocenters. The molecule has 3 N–H and O–H groups in total. The Morgan fingerprint density at radius 1 is 1.33 bits per heavy atom. The summed E-state index contributed by atoms with van der Waals surface area (Å²) >= 11 is 0. The number of sulfone groups is 1. The van der Waals surface area contributed by atoms with Gasteiger partial charge in [-0.3, -0.25) is 0 Å². The molecule has 1 fully saturated rings. The fourth-order valence-electron chi connectivity index (χ4n) is 2.90. The number of nitrogens with two attached hydrogens (primary N) is 1. The van der Waals surface area contributed by atoms with Gasteiger partial charge in [0.25, 0.3) is 0 Å². The standard InChI is InChI=1S/C13H19NO3S/c1-9-3-5-10(6-4-9)11-12(18(2,16)17)13(11,7-14)8-15/h3-6,11-12,15H,7-8,14H2,1-2H3/t11-,12+,13+/m1/s1. The van der Waals surface area contributed by atoms with Crippen LogP contribution in [0.4, 0.5) is 0 Å². The van der Waals surface area contributed by atoms with E-state index < -0.39 is 20.5 Å². The number of aryl methyl sites for hydroxylation is 1. The molecular formula is C13H19NO3S. The summed E-state index contributed by atoms with van der Waals surface area (Å²) < 4.78 is 23.6. The summed E-state index contributed by atoms with van der Waals surface area (Å²) in [5.74, 6) is -0.192. The highest BCUT2D eigenvalue weighted by Gasteiger charge is 2.68. The van der Waals surface area contributed by atoms with E-state index >= 15 is 0 Å². The minimum absolute atomic E-state index is 0.180. The van der Waals surface area contributed by atoms with Gasteiger partial charge >= 0.3 is 0 Å². The molecule has 2 rings (SSSR count). The van der Waals surface area contributed by atoms with Gasteiger partial charge in [0.05, 0.1) is 11.9 Å². The molecule has 0 aliphatic heterocycles. The van der Waals surface area contributed by atoms with Crippen LogP contribution in [-0.2, 0) is 9.84 Å². The summed E-state index contributed by atoms with van der Waals surface area (Å²) in [5, 5.41) is 8.97. The van der Waals surface area contributed by atoms with E-state index in [1.54, 1.807) is 0 Å². The van der Waals surface area contributed by atoms with Crippen molar-refractivity contribution in [1.82, 2.24) is 0 Å². The Morgan fingerprint density at radius 3 is 2.22 bits per heavy atom. The molecule has 5 heteroatoms. The topological polar surface area (TPSA) is 80.4 Å². The highest BCUT2D eigenvalue weighted by molar-refractivity contribution is 7.91. The lowest BCUT2D eigenvalue weighted by molar-refractivity contribution is 0.212. The molecule has 1 aromatic rings.